The molecule has 6 heteroatoms. The minimum absolute atomic E-state index is 0.357. The number of fused-ring (bicyclic) bond motifs is 1. The molecule has 4 aromatic rings. The monoisotopic (exact) mass is 365 g/mol. The Morgan fingerprint density at radius 1 is 0.964 bits per heavy atom. The Morgan fingerprint density at radius 3 is 2.50 bits per heavy atom. The molecule has 0 saturated heterocycles. The van der Waals surface area contributed by atoms with Gasteiger partial charge in [0.15, 0.2) is 0 Å². The first kappa shape index (κ1) is 17.2. The highest BCUT2D eigenvalue weighted by Crippen LogP contribution is 2.19. The second-order valence-corrected chi connectivity index (χ2v) is 6.09. The van der Waals surface area contributed by atoms with Crippen molar-refractivity contribution in [2.75, 3.05) is 5.32 Å². The highest BCUT2D eigenvalue weighted by molar-refractivity contribution is 6.12. The first-order valence-corrected chi connectivity index (χ1v) is 8.58. The van der Waals surface area contributed by atoms with Crippen molar-refractivity contribution in [3.05, 3.63) is 95.8 Å². The quantitative estimate of drug-likeness (QED) is 0.316. The van der Waals surface area contributed by atoms with E-state index >= 15 is 0 Å². The molecule has 134 valence electrons. The number of hydrogen-bond acceptors (Lipinski definition) is 6. The van der Waals surface area contributed by atoms with Gasteiger partial charge in [0.2, 0.25) is 5.95 Å². The van der Waals surface area contributed by atoms with Crippen molar-refractivity contribution >= 4 is 28.1 Å². The maximum absolute atomic E-state index is 9.62. The predicted octanol–water partition coefficient (Wildman–Crippen LogP) is 4.47. The van der Waals surface area contributed by atoms with Crippen molar-refractivity contribution in [3.63, 3.8) is 0 Å². The zero-order valence-electron chi connectivity index (χ0n) is 14.7. The van der Waals surface area contributed by atoms with Crippen LogP contribution in [0, 0.1) is 11.3 Å². The molecule has 2 N–H and O–H groups in total. The standard InChI is InChI=1S/C22H15N5O/c23-14-15-5-9-19(10-6-15)25-22-24-12-11-20(26-22)21(27-28)18-8-7-16-3-1-2-4-17(16)13-18/h1-13,28H,(H,24,25,26)/b27-21-. The Hall–Kier alpha value is -4.24. The molecular weight excluding hydrogens is 350 g/mol. The Morgan fingerprint density at radius 2 is 1.75 bits per heavy atom. The van der Waals surface area contributed by atoms with E-state index in [0.717, 1.165) is 22.0 Å². The van der Waals surface area contributed by atoms with E-state index in [4.69, 9.17) is 5.26 Å². The van der Waals surface area contributed by atoms with Crippen LogP contribution in [0.3, 0.4) is 0 Å². The zero-order valence-corrected chi connectivity index (χ0v) is 14.7. The van der Waals surface area contributed by atoms with Gasteiger partial charge in [0.1, 0.15) is 5.71 Å². The number of hydrogen-bond donors (Lipinski definition) is 2. The van der Waals surface area contributed by atoms with Crippen LogP contribution in [0.1, 0.15) is 16.8 Å². The molecule has 0 aliphatic heterocycles. The van der Waals surface area contributed by atoms with Gasteiger partial charge in [-0.2, -0.15) is 5.26 Å². The van der Waals surface area contributed by atoms with Crippen molar-refractivity contribution in [2.45, 2.75) is 0 Å². The van der Waals surface area contributed by atoms with E-state index in [1.165, 1.54) is 0 Å². The van der Waals surface area contributed by atoms with Crippen LogP contribution in [0.5, 0.6) is 0 Å². The number of nitrogens with one attached hydrogen (secondary N) is 1. The molecule has 0 fully saturated rings. The van der Waals surface area contributed by atoms with E-state index in [2.05, 4.69) is 26.5 Å². The predicted molar refractivity (Wildman–Crippen MR) is 108 cm³/mol. The van der Waals surface area contributed by atoms with E-state index in [0.29, 0.717) is 22.9 Å². The molecule has 0 unspecified atom stereocenters. The lowest BCUT2D eigenvalue weighted by Gasteiger charge is -2.09. The third kappa shape index (κ3) is 3.50. The fourth-order valence-corrected chi connectivity index (χ4v) is 2.90. The van der Waals surface area contributed by atoms with E-state index in [1.807, 2.05) is 42.5 Å². The highest BCUT2D eigenvalue weighted by atomic mass is 16.4. The van der Waals surface area contributed by atoms with Crippen molar-refractivity contribution < 1.29 is 5.21 Å². The second kappa shape index (κ2) is 7.56. The van der Waals surface area contributed by atoms with Gasteiger partial charge in [-0.25, -0.2) is 9.97 Å². The van der Waals surface area contributed by atoms with Crippen LogP contribution in [0.15, 0.2) is 84.1 Å². The molecule has 0 spiro atoms. The maximum atomic E-state index is 9.62. The number of nitrogens with zero attached hydrogens (tertiary/aromatic N) is 4. The summed E-state index contributed by atoms with van der Waals surface area (Å²) >= 11 is 0. The van der Waals surface area contributed by atoms with Gasteiger partial charge in [-0.05, 0) is 47.2 Å². The van der Waals surface area contributed by atoms with Crippen LogP contribution >= 0.6 is 0 Å². The highest BCUT2D eigenvalue weighted by Gasteiger charge is 2.12. The molecule has 28 heavy (non-hydrogen) atoms. The lowest BCUT2D eigenvalue weighted by atomic mass is 10.0. The Bertz CT molecular complexity index is 1210. The number of rotatable bonds is 4. The van der Waals surface area contributed by atoms with E-state index in [-0.39, 0.29) is 0 Å². The lowest BCUT2D eigenvalue weighted by Crippen LogP contribution is -2.08. The molecule has 0 atom stereocenters. The molecule has 1 heterocycles. The lowest BCUT2D eigenvalue weighted by molar-refractivity contribution is 0.319. The minimum atomic E-state index is 0.357. The normalized spacial score (nSPS) is 11.2. The van der Waals surface area contributed by atoms with E-state index in [9.17, 15) is 5.21 Å². The molecule has 0 saturated carbocycles. The number of anilines is 2. The Kier molecular flexibility index (Phi) is 4.64. The summed E-state index contributed by atoms with van der Waals surface area (Å²) in [6, 6.07) is 24.6. The van der Waals surface area contributed by atoms with Gasteiger partial charge >= 0.3 is 0 Å². The summed E-state index contributed by atoms with van der Waals surface area (Å²) in [4.78, 5) is 8.67. The minimum Gasteiger partial charge on any atom is -0.410 e. The van der Waals surface area contributed by atoms with Crippen LogP contribution in [0.2, 0.25) is 0 Å². The second-order valence-electron chi connectivity index (χ2n) is 6.09. The van der Waals surface area contributed by atoms with Crippen molar-refractivity contribution in [2.24, 2.45) is 5.16 Å². The fourth-order valence-electron chi connectivity index (χ4n) is 2.90. The fraction of sp³-hybridized carbons (Fsp3) is 0. The number of benzene rings is 3. The summed E-state index contributed by atoms with van der Waals surface area (Å²) in [6.45, 7) is 0. The molecule has 0 aliphatic carbocycles. The van der Waals surface area contributed by atoms with E-state index < -0.39 is 0 Å². The molecular formula is C22H15N5O. The van der Waals surface area contributed by atoms with Gasteiger partial charge in [-0.15, -0.1) is 0 Å². The zero-order chi connectivity index (χ0) is 19.3. The van der Waals surface area contributed by atoms with Crippen LogP contribution in [0.25, 0.3) is 10.8 Å². The molecule has 0 bridgehead atoms. The molecule has 0 radical (unpaired) electrons. The summed E-state index contributed by atoms with van der Waals surface area (Å²) in [6.07, 6.45) is 1.60. The summed E-state index contributed by atoms with van der Waals surface area (Å²) in [5.41, 5.74) is 2.93. The first-order chi connectivity index (χ1) is 13.8. The summed E-state index contributed by atoms with van der Waals surface area (Å²) in [5, 5.41) is 27.2. The van der Waals surface area contributed by atoms with Crippen molar-refractivity contribution in [3.8, 4) is 6.07 Å². The van der Waals surface area contributed by atoms with Crippen LogP contribution in [-0.4, -0.2) is 20.9 Å². The van der Waals surface area contributed by atoms with E-state index in [1.54, 1.807) is 36.5 Å². The summed E-state index contributed by atoms with van der Waals surface area (Å²) in [5.74, 6) is 0.365. The van der Waals surface area contributed by atoms with Gasteiger partial charge in [0.05, 0.1) is 17.3 Å². The topological polar surface area (TPSA) is 94.2 Å². The van der Waals surface area contributed by atoms with Gasteiger partial charge in [-0.1, -0.05) is 41.6 Å². The summed E-state index contributed by atoms with van der Waals surface area (Å²) < 4.78 is 0. The molecule has 1 aromatic heterocycles. The Balaban J connectivity index is 1.65. The van der Waals surface area contributed by atoms with Gasteiger partial charge in [0.25, 0.3) is 0 Å². The van der Waals surface area contributed by atoms with Crippen LogP contribution in [-0.2, 0) is 0 Å². The first-order valence-electron chi connectivity index (χ1n) is 8.58. The maximum Gasteiger partial charge on any atom is 0.227 e. The van der Waals surface area contributed by atoms with Crippen molar-refractivity contribution in [1.29, 1.82) is 5.26 Å². The van der Waals surface area contributed by atoms with Crippen LogP contribution < -0.4 is 5.32 Å². The van der Waals surface area contributed by atoms with Gasteiger partial charge in [-0.3, -0.25) is 0 Å². The van der Waals surface area contributed by atoms with Crippen molar-refractivity contribution in [1.82, 2.24) is 9.97 Å². The smallest absolute Gasteiger partial charge is 0.227 e. The number of oxime groups is 1. The molecule has 4 rings (SSSR count). The average molecular weight is 365 g/mol. The number of nitriles is 1. The summed E-state index contributed by atoms with van der Waals surface area (Å²) in [7, 11) is 0. The Labute approximate surface area is 161 Å². The number of aromatic nitrogens is 2. The van der Waals surface area contributed by atoms with Crippen LogP contribution in [0.4, 0.5) is 11.6 Å². The van der Waals surface area contributed by atoms with Gasteiger partial charge in [0, 0.05) is 17.4 Å². The molecule has 3 aromatic carbocycles. The van der Waals surface area contributed by atoms with Gasteiger partial charge < -0.3 is 10.5 Å². The third-order valence-electron chi connectivity index (χ3n) is 4.29. The third-order valence-corrected chi connectivity index (χ3v) is 4.29. The molecule has 0 amide bonds. The molecule has 6 nitrogen and oxygen atoms in total. The molecule has 0 aliphatic rings. The average Bonchev–Trinajstić information content (AvgIpc) is 2.75. The largest absolute Gasteiger partial charge is 0.410 e. The SMILES string of the molecule is N#Cc1ccc(Nc2nccc(/C(=N\O)c3ccc4ccccc4c3)n2)cc1.